The van der Waals surface area contributed by atoms with Crippen molar-refractivity contribution in [2.24, 2.45) is 0 Å². The molecule has 0 fully saturated rings. The Morgan fingerprint density at radius 1 is 1.50 bits per heavy atom. The lowest BCUT2D eigenvalue weighted by molar-refractivity contribution is -0.139. The summed E-state index contributed by atoms with van der Waals surface area (Å²) in [6.07, 6.45) is 0.147. The Labute approximate surface area is 91.7 Å². The van der Waals surface area contributed by atoms with E-state index in [-0.39, 0.29) is 18.6 Å². The Morgan fingerprint density at radius 3 is 2.69 bits per heavy atom. The Morgan fingerprint density at radius 2 is 2.19 bits per heavy atom. The molecule has 0 spiro atoms. The summed E-state index contributed by atoms with van der Waals surface area (Å²) in [6.45, 7) is 0.202. The summed E-state index contributed by atoms with van der Waals surface area (Å²) in [5, 5.41) is 8.93. The maximum Gasteiger partial charge on any atom is 0.311 e. The molecule has 0 bridgehead atoms. The lowest BCUT2D eigenvalue weighted by atomic mass is 9.95. The minimum atomic E-state index is -1.15. The molecule has 0 aromatic heterocycles. The second-order valence-corrected chi connectivity index (χ2v) is 3.34. The number of methoxy groups -OCH3 is 1. The molecule has 16 heavy (non-hydrogen) atoms. The summed E-state index contributed by atoms with van der Waals surface area (Å²) in [4.78, 5) is 10.9. The van der Waals surface area contributed by atoms with Crippen LogP contribution in [-0.4, -0.2) is 24.8 Å². The number of rotatable bonds is 5. The highest BCUT2D eigenvalue weighted by molar-refractivity contribution is 5.76. The molecule has 0 aliphatic carbocycles. The molecule has 1 unspecified atom stereocenters. The Kier molecular flexibility index (Phi) is 4.37. The van der Waals surface area contributed by atoms with Crippen LogP contribution in [0.3, 0.4) is 0 Å². The van der Waals surface area contributed by atoms with Gasteiger partial charge in [-0.3, -0.25) is 4.79 Å². The molecule has 0 radical (unpaired) electrons. The van der Waals surface area contributed by atoms with E-state index in [1.54, 1.807) is 0 Å². The van der Waals surface area contributed by atoms with Gasteiger partial charge in [0.25, 0.3) is 0 Å². The zero-order valence-corrected chi connectivity index (χ0v) is 8.74. The van der Waals surface area contributed by atoms with Crippen molar-refractivity contribution in [2.75, 3.05) is 13.7 Å². The molecule has 0 saturated heterocycles. The summed E-state index contributed by atoms with van der Waals surface area (Å²) < 4.78 is 30.7. The van der Waals surface area contributed by atoms with E-state index >= 15 is 0 Å². The minimum Gasteiger partial charge on any atom is -0.481 e. The Bertz CT molecular complexity index is 379. The van der Waals surface area contributed by atoms with Gasteiger partial charge in [-0.05, 0) is 12.5 Å². The van der Waals surface area contributed by atoms with Gasteiger partial charge in [0.1, 0.15) is 11.6 Å². The highest BCUT2D eigenvalue weighted by Gasteiger charge is 2.22. The molecular formula is C11H12F2O3. The van der Waals surface area contributed by atoms with Crippen LogP contribution < -0.4 is 0 Å². The number of hydrogen-bond acceptors (Lipinski definition) is 2. The van der Waals surface area contributed by atoms with E-state index in [1.807, 2.05) is 0 Å². The average Bonchev–Trinajstić information content (AvgIpc) is 2.20. The van der Waals surface area contributed by atoms with Crippen LogP contribution in [0, 0.1) is 11.6 Å². The van der Waals surface area contributed by atoms with E-state index in [1.165, 1.54) is 7.11 Å². The van der Waals surface area contributed by atoms with Gasteiger partial charge in [0, 0.05) is 25.3 Å². The number of ether oxygens (including phenoxy) is 1. The number of carbonyl (C=O) groups is 1. The van der Waals surface area contributed by atoms with Crippen LogP contribution in [0.2, 0.25) is 0 Å². The van der Waals surface area contributed by atoms with Gasteiger partial charge in [0.05, 0.1) is 5.92 Å². The van der Waals surface area contributed by atoms with Crippen LogP contribution in [0.5, 0.6) is 0 Å². The van der Waals surface area contributed by atoms with Crippen molar-refractivity contribution in [1.82, 2.24) is 0 Å². The van der Waals surface area contributed by atoms with E-state index in [0.717, 1.165) is 12.1 Å². The summed E-state index contributed by atoms with van der Waals surface area (Å²) in [6, 6.07) is 2.87. The average molecular weight is 230 g/mol. The van der Waals surface area contributed by atoms with Crippen LogP contribution in [-0.2, 0) is 9.53 Å². The number of benzene rings is 1. The SMILES string of the molecule is COCCC(C(=O)O)c1ccc(F)cc1F. The molecule has 0 heterocycles. The first-order valence-corrected chi connectivity index (χ1v) is 4.73. The highest BCUT2D eigenvalue weighted by Crippen LogP contribution is 2.23. The first kappa shape index (κ1) is 12.6. The fraction of sp³-hybridized carbons (Fsp3) is 0.364. The molecule has 0 amide bonds. The molecule has 0 aliphatic rings. The van der Waals surface area contributed by atoms with Gasteiger partial charge in [-0.2, -0.15) is 0 Å². The number of halogens is 2. The molecule has 88 valence electrons. The quantitative estimate of drug-likeness (QED) is 0.843. The van der Waals surface area contributed by atoms with Crippen LogP contribution in [0.25, 0.3) is 0 Å². The van der Waals surface area contributed by atoms with Crippen molar-refractivity contribution in [3.63, 3.8) is 0 Å². The smallest absolute Gasteiger partial charge is 0.311 e. The van der Waals surface area contributed by atoms with Crippen molar-refractivity contribution in [2.45, 2.75) is 12.3 Å². The zero-order chi connectivity index (χ0) is 12.1. The van der Waals surface area contributed by atoms with Crippen molar-refractivity contribution >= 4 is 5.97 Å². The number of hydrogen-bond donors (Lipinski definition) is 1. The second-order valence-electron chi connectivity index (χ2n) is 3.34. The second kappa shape index (κ2) is 5.55. The molecule has 1 rings (SSSR count). The molecule has 1 N–H and O–H groups in total. The lowest BCUT2D eigenvalue weighted by Crippen LogP contribution is -2.15. The van der Waals surface area contributed by atoms with Crippen molar-refractivity contribution in [3.05, 3.63) is 35.4 Å². The minimum absolute atomic E-state index is 0.0223. The van der Waals surface area contributed by atoms with E-state index < -0.39 is 23.5 Å². The summed E-state index contributed by atoms with van der Waals surface area (Å²) in [7, 11) is 1.43. The van der Waals surface area contributed by atoms with Gasteiger partial charge in [-0.1, -0.05) is 6.07 Å². The fourth-order valence-corrected chi connectivity index (χ4v) is 1.43. The molecule has 3 nitrogen and oxygen atoms in total. The third-order valence-electron chi connectivity index (χ3n) is 2.25. The molecule has 0 saturated carbocycles. The van der Waals surface area contributed by atoms with Crippen LogP contribution >= 0.6 is 0 Å². The third-order valence-corrected chi connectivity index (χ3v) is 2.25. The van der Waals surface area contributed by atoms with Gasteiger partial charge in [0.15, 0.2) is 0 Å². The van der Waals surface area contributed by atoms with Crippen molar-refractivity contribution < 1.29 is 23.4 Å². The first-order chi connectivity index (χ1) is 7.56. The predicted molar refractivity (Wildman–Crippen MR) is 53.2 cm³/mol. The molecule has 0 aliphatic heterocycles. The summed E-state index contributed by atoms with van der Waals surface area (Å²) in [5.41, 5.74) is -0.0223. The van der Waals surface area contributed by atoms with E-state index in [0.29, 0.717) is 6.07 Å². The van der Waals surface area contributed by atoms with Gasteiger partial charge in [-0.25, -0.2) is 8.78 Å². The van der Waals surface area contributed by atoms with Gasteiger partial charge in [-0.15, -0.1) is 0 Å². The topological polar surface area (TPSA) is 46.5 Å². The largest absolute Gasteiger partial charge is 0.481 e. The molecule has 1 aromatic carbocycles. The number of carboxylic acid groups (broad SMARTS) is 1. The van der Waals surface area contributed by atoms with Crippen molar-refractivity contribution in [1.29, 1.82) is 0 Å². The van der Waals surface area contributed by atoms with E-state index in [2.05, 4.69) is 0 Å². The third kappa shape index (κ3) is 3.00. The maximum atomic E-state index is 13.3. The lowest BCUT2D eigenvalue weighted by Gasteiger charge is -2.12. The Balaban J connectivity index is 2.96. The normalized spacial score (nSPS) is 12.4. The summed E-state index contributed by atoms with van der Waals surface area (Å²) in [5.74, 6) is -3.73. The zero-order valence-electron chi connectivity index (χ0n) is 8.74. The predicted octanol–water partition coefficient (Wildman–Crippen LogP) is 2.17. The highest BCUT2D eigenvalue weighted by atomic mass is 19.1. The molecule has 1 aromatic rings. The Hall–Kier alpha value is -1.49. The van der Waals surface area contributed by atoms with Crippen LogP contribution in [0.15, 0.2) is 18.2 Å². The van der Waals surface area contributed by atoms with Gasteiger partial charge < -0.3 is 9.84 Å². The first-order valence-electron chi connectivity index (χ1n) is 4.73. The molecule has 1 atom stereocenters. The monoisotopic (exact) mass is 230 g/mol. The van der Waals surface area contributed by atoms with Crippen LogP contribution in [0.1, 0.15) is 17.9 Å². The van der Waals surface area contributed by atoms with Crippen molar-refractivity contribution in [3.8, 4) is 0 Å². The number of aliphatic carboxylic acids is 1. The summed E-state index contributed by atoms with van der Waals surface area (Å²) >= 11 is 0. The standard InChI is InChI=1S/C11H12F2O3/c1-16-5-4-9(11(14)15)8-3-2-7(12)6-10(8)13/h2-3,6,9H,4-5H2,1H3,(H,14,15). The van der Waals surface area contributed by atoms with Gasteiger partial charge >= 0.3 is 5.97 Å². The van der Waals surface area contributed by atoms with E-state index in [9.17, 15) is 13.6 Å². The van der Waals surface area contributed by atoms with E-state index in [4.69, 9.17) is 9.84 Å². The van der Waals surface area contributed by atoms with Crippen LogP contribution in [0.4, 0.5) is 8.78 Å². The maximum absolute atomic E-state index is 13.3. The molecule has 5 heteroatoms. The van der Waals surface area contributed by atoms with Gasteiger partial charge in [0.2, 0.25) is 0 Å². The number of carboxylic acids is 1. The fourth-order valence-electron chi connectivity index (χ4n) is 1.43. The molecular weight excluding hydrogens is 218 g/mol.